The lowest BCUT2D eigenvalue weighted by molar-refractivity contribution is -0.119. The van der Waals surface area contributed by atoms with Crippen molar-refractivity contribution in [1.29, 1.82) is 0 Å². The van der Waals surface area contributed by atoms with Crippen molar-refractivity contribution in [3.63, 3.8) is 0 Å². The molecule has 3 amide bonds. The fourth-order valence-electron chi connectivity index (χ4n) is 3.07. The molecule has 2 N–H and O–H groups in total. The molecule has 0 aliphatic carbocycles. The summed E-state index contributed by atoms with van der Waals surface area (Å²) in [5, 5.41) is 5.70. The smallest absolute Gasteiger partial charge is 0.410 e. The molecule has 0 aromatic rings. The molecule has 29 heavy (non-hydrogen) atoms. The van der Waals surface area contributed by atoms with Crippen LogP contribution in [-0.2, 0) is 14.3 Å². The van der Waals surface area contributed by atoms with Gasteiger partial charge < -0.3 is 20.3 Å². The van der Waals surface area contributed by atoms with Crippen molar-refractivity contribution in [2.45, 2.75) is 92.0 Å². The molecule has 0 unspecified atom stereocenters. The van der Waals surface area contributed by atoms with E-state index in [1.807, 2.05) is 47.6 Å². The molecule has 1 saturated heterocycles. The van der Waals surface area contributed by atoms with Crippen LogP contribution in [-0.4, -0.2) is 53.1 Å². The van der Waals surface area contributed by atoms with Crippen molar-refractivity contribution >= 4 is 17.9 Å². The van der Waals surface area contributed by atoms with Crippen LogP contribution < -0.4 is 10.6 Å². The van der Waals surface area contributed by atoms with Crippen molar-refractivity contribution in [1.82, 2.24) is 15.5 Å². The molecule has 0 radical (unpaired) electrons. The van der Waals surface area contributed by atoms with Gasteiger partial charge in [0.1, 0.15) is 5.60 Å². The number of ether oxygens (including phenoxy) is 1. The van der Waals surface area contributed by atoms with Gasteiger partial charge in [0, 0.05) is 29.8 Å². The number of carbonyl (C=O) groups excluding carboxylic acids is 3. The number of carbonyl (C=O) groups is 3. The average molecular weight is 408 g/mol. The van der Waals surface area contributed by atoms with Gasteiger partial charge >= 0.3 is 6.09 Å². The van der Waals surface area contributed by atoms with Gasteiger partial charge in [0.05, 0.1) is 6.04 Å². The SMILES string of the molecule is C/C(=C\[C@H](C)NC(=O)/C(C)=C/[C@@H]1CCCN1C(=O)OC(C)(C)C)C(=O)NC(C)C. The lowest BCUT2D eigenvalue weighted by Crippen LogP contribution is -2.39. The predicted octanol–water partition coefficient (Wildman–Crippen LogP) is 3.31. The highest BCUT2D eigenvalue weighted by molar-refractivity contribution is 5.94. The first kappa shape index (κ1) is 24.7. The summed E-state index contributed by atoms with van der Waals surface area (Å²) in [6.07, 6.45) is 4.87. The number of hydrogen-bond donors (Lipinski definition) is 2. The second-order valence-electron chi connectivity index (χ2n) is 8.97. The molecule has 7 heteroatoms. The molecule has 0 spiro atoms. The van der Waals surface area contributed by atoms with Crippen molar-refractivity contribution in [3.05, 3.63) is 23.3 Å². The third kappa shape index (κ3) is 8.71. The summed E-state index contributed by atoms with van der Waals surface area (Å²) in [5.41, 5.74) is 0.539. The number of hydrogen-bond acceptors (Lipinski definition) is 4. The van der Waals surface area contributed by atoms with E-state index in [2.05, 4.69) is 10.6 Å². The molecule has 0 aromatic carbocycles. The highest BCUT2D eigenvalue weighted by atomic mass is 16.6. The first-order chi connectivity index (χ1) is 13.3. The Kier molecular flexibility index (Phi) is 8.92. The van der Waals surface area contributed by atoms with Crippen molar-refractivity contribution in [2.24, 2.45) is 0 Å². The maximum Gasteiger partial charge on any atom is 0.410 e. The van der Waals surface area contributed by atoms with E-state index in [-0.39, 0.29) is 36.0 Å². The Morgan fingerprint density at radius 1 is 1.03 bits per heavy atom. The van der Waals surface area contributed by atoms with Crippen LogP contribution >= 0.6 is 0 Å². The quantitative estimate of drug-likeness (QED) is 0.661. The van der Waals surface area contributed by atoms with Crippen LogP contribution in [0.15, 0.2) is 23.3 Å². The predicted molar refractivity (Wildman–Crippen MR) is 114 cm³/mol. The summed E-state index contributed by atoms with van der Waals surface area (Å²) < 4.78 is 5.46. The van der Waals surface area contributed by atoms with Gasteiger partial charge in [0.2, 0.25) is 11.8 Å². The Bertz CT molecular complexity index is 674. The lowest BCUT2D eigenvalue weighted by Gasteiger charge is -2.27. The van der Waals surface area contributed by atoms with Crippen LogP contribution in [0.4, 0.5) is 4.79 Å². The first-order valence-electron chi connectivity index (χ1n) is 10.3. The number of amides is 3. The van der Waals surface area contributed by atoms with Gasteiger partial charge in [0.25, 0.3) is 0 Å². The maximum atomic E-state index is 12.5. The minimum Gasteiger partial charge on any atom is -0.444 e. The molecule has 1 aliphatic heterocycles. The summed E-state index contributed by atoms with van der Waals surface area (Å²) in [5.74, 6) is -0.367. The molecule has 1 aliphatic rings. The van der Waals surface area contributed by atoms with Gasteiger partial charge in [-0.1, -0.05) is 12.2 Å². The lowest BCUT2D eigenvalue weighted by atomic mass is 10.1. The minimum atomic E-state index is -0.554. The summed E-state index contributed by atoms with van der Waals surface area (Å²) in [6.45, 7) is 15.2. The second kappa shape index (κ2) is 10.5. The number of rotatable bonds is 6. The van der Waals surface area contributed by atoms with Crippen molar-refractivity contribution < 1.29 is 19.1 Å². The van der Waals surface area contributed by atoms with Crippen LogP contribution in [0.25, 0.3) is 0 Å². The van der Waals surface area contributed by atoms with Gasteiger partial charge in [-0.05, 0) is 68.2 Å². The van der Waals surface area contributed by atoms with Gasteiger partial charge in [-0.2, -0.15) is 0 Å². The van der Waals surface area contributed by atoms with Crippen LogP contribution in [0.5, 0.6) is 0 Å². The third-order valence-electron chi connectivity index (χ3n) is 4.36. The zero-order valence-electron chi connectivity index (χ0n) is 19.1. The minimum absolute atomic E-state index is 0.0558. The van der Waals surface area contributed by atoms with E-state index in [9.17, 15) is 14.4 Å². The Labute approximate surface area is 174 Å². The van der Waals surface area contributed by atoms with E-state index in [4.69, 9.17) is 4.74 Å². The summed E-state index contributed by atoms with van der Waals surface area (Å²) in [4.78, 5) is 38.6. The first-order valence-corrected chi connectivity index (χ1v) is 10.3. The molecule has 1 fully saturated rings. The van der Waals surface area contributed by atoms with Crippen molar-refractivity contribution in [3.8, 4) is 0 Å². The number of nitrogens with zero attached hydrogens (tertiary/aromatic N) is 1. The van der Waals surface area contributed by atoms with E-state index >= 15 is 0 Å². The average Bonchev–Trinajstić information content (AvgIpc) is 3.00. The zero-order valence-corrected chi connectivity index (χ0v) is 19.1. The van der Waals surface area contributed by atoms with E-state index in [0.717, 1.165) is 12.8 Å². The molecule has 1 rings (SSSR count). The van der Waals surface area contributed by atoms with Crippen LogP contribution in [0.3, 0.4) is 0 Å². The number of nitrogens with one attached hydrogen (secondary N) is 2. The van der Waals surface area contributed by atoms with Gasteiger partial charge in [-0.3, -0.25) is 9.59 Å². The Balaban J connectivity index is 2.73. The third-order valence-corrected chi connectivity index (χ3v) is 4.36. The molecule has 1 heterocycles. The maximum absolute atomic E-state index is 12.5. The summed E-state index contributed by atoms with van der Waals surface area (Å²) >= 11 is 0. The molecule has 2 atom stereocenters. The normalized spacial score (nSPS) is 19.2. The molecular formula is C22H37N3O4. The zero-order chi connectivity index (χ0) is 22.4. The highest BCUT2D eigenvalue weighted by Crippen LogP contribution is 2.22. The van der Waals surface area contributed by atoms with E-state index in [1.54, 1.807) is 24.8 Å². The number of likely N-dealkylation sites (tertiary alicyclic amines) is 1. The summed E-state index contributed by atoms with van der Waals surface area (Å²) in [6, 6.07) is -0.394. The largest absolute Gasteiger partial charge is 0.444 e. The van der Waals surface area contributed by atoms with Gasteiger partial charge in [-0.15, -0.1) is 0 Å². The molecule has 0 bridgehead atoms. The molecular weight excluding hydrogens is 370 g/mol. The molecule has 7 nitrogen and oxygen atoms in total. The topological polar surface area (TPSA) is 87.7 Å². The second-order valence-corrected chi connectivity index (χ2v) is 8.97. The molecule has 0 aromatic heterocycles. The monoisotopic (exact) mass is 407 g/mol. The Hall–Kier alpha value is -2.31. The van der Waals surface area contributed by atoms with Crippen molar-refractivity contribution in [2.75, 3.05) is 6.54 Å². The highest BCUT2D eigenvalue weighted by Gasteiger charge is 2.31. The van der Waals surface area contributed by atoms with E-state index in [1.165, 1.54) is 0 Å². The standard InChI is InChI=1S/C22H37N3O4/c1-14(2)23-19(26)15(3)12-17(5)24-20(27)16(4)13-18-10-9-11-25(18)21(28)29-22(6,7)8/h12-14,17-18H,9-11H2,1-8H3,(H,23,26)(H,24,27)/b15-12+,16-13+/t17-,18-/m0/s1. The van der Waals surface area contributed by atoms with E-state index in [0.29, 0.717) is 17.7 Å². The van der Waals surface area contributed by atoms with Gasteiger partial charge in [0.15, 0.2) is 0 Å². The molecule has 0 saturated carbocycles. The van der Waals surface area contributed by atoms with Crippen LogP contribution in [0, 0.1) is 0 Å². The Morgan fingerprint density at radius 3 is 2.17 bits per heavy atom. The van der Waals surface area contributed by atoms with Crippen LogP contribution in [0.1, 0.15) is 68.2 Å². The Morgan fingerprint density at radius 2 is 1.62 bits per heavy atom. The molecule has 164 valence electrons. The fraction of sp³-hybridized carbons (Fsp3) is 0.682. The van der Waals surface area contributed by atoms with Gasteiger partial charge in [-0.25, -0.2) is 4.79 Å². The van der Waals surface area contributed by atoms with E-state index < -0.39 is 5.60 Å². The summed E-state index contributed by atoms with van der Waals surface area (Å²) in [7, 11) is 0. The fourth-order valence-corrected chi connectivity index (χ4v) is 3.07. The van der Waals surface area contributed by atoms with Crippen LogP contribution in [0.2, 0.25) is 0 Å².